The molecule has 1 aromatic heterocycles. The highest BCUT2D eigenvalue weighted by molar-refractivity contribution is 5.99. The fourth-order valence-corrected chi connectivity index (χ4v) is 2.74. The Labute approximate surface area is 116 Å². The van der Waals surface area contributed by atoms with Crippen LogP contribution < -0.4 is 5.32 Å². The lowest BCUT2D eigenvalue weighted by atomic mass is 10.1. The molecule has 106 valence electrons. The molecule has 1 saturated carbocycles. The number of aliphatic hydroxyl groups excluding tert-OH is 2. The second-order valence-electron chi connectivity index (χ2n) is 5.27. The van der Waals surface area contributed by atoms with Gasteiger partial charge in [0, 0.05) is 10.9 Å². The third-order valence-electron chi connectivity index (χ3n) is 3.95. The van der Waals surface area contributed by atoms with E-state index in [4.69, 9.17) is 4.42 Å². The molecule has 1 amide bonds. The van der Waals surface area contributed by atoms with E-state index in [1.54, 1.807) is 0 Å². The lowest BCUT2D eigenvalue weighted by molar-refractivity contribution is 0.0294. The van der Waals surface area contributed by atoms with E-state index >= 15 is 0 Å². The minimum Gasteiger partial charge on any atom is -0.451 e. The Morgan fingerprint density at radius 3 is 2.70 bits per heavy atom. The summed E-state index contributed by atoms with van der Waals surface area (Å²) in [4.78, 5) is 12.2. The normalized spacial score (nSPS) is 26.1. The average molecular weight is 275 g/mol. The second kappa shape index (κ2) is 4.92. The molecule has 0 radical (unpaired) electrons. The van der Waals surface area contributed by atoms with Crippen LogP contribution in [0.15, 0.2) is 28.7 Å². The summed E-state index contributed by atoms with van der Waals surface area (Å²) in [5.74, 6) is -0.0864. The number of amides is 1. The monoisotopic (exact) mass is 275 g/mol. The van der Waals surface area contributed by atoms with Crippen LogP contribution in [-0.2, 0) is 0 Å². The molecule has 20 heavy (non-hydrogen) atoms. The molecule has 0 spiro atoms. The van der Waals surface area contributed by atoms with Crippen LogP contribution in [0, 0.1) is 6.92 Å². The van der Waals surface area contributed by atoms with Crippen LogP contribution in [0.2, 0.25) is 0 Å². The Kier molecular flexibility index (Phi) is 3.23. The number of carbonyl (C=O) groups excluding carboxylic acids is 1. The first kappa shape index (κ1) is 13.1. The molecule has 2 aromatic rings. The summed E-state index contributed by atoms with van der Waals surface area (Å²) in [7, 11) is 0. The van der Waals surface area contributed by atoms with Gasteiger partial charge in [-0.25, -0.2) is 0 Å². The van der Waals surface area contributed by atoms with E-state index in [-0.39, 0.29) is 11.7 Å². The first-order valence-corrected chi connectivity index (χ1v) is 6.73. The summed E-state index contributed by atoms with van der Waals surface area (Å²) in [6.07, 6.45) is -0.626. The SMILES string of the molecule is Cc1c(C(=O)N[C@@H]2CC[C@@H](O)[C@@H]2O)oc2ccccc12. The van der Waals surface area contributed by atoms with E-state index < -0.39 is 18.2 Å². The van der Waals surface area contributed by atoms with Crippen molar-refractivity contribution in [2.75, 3.05) is 0 Å². The van der Waals surface area contributed by atoms with Gasteiger partial charge < -0.3 is 19.9 Å². The summed E-state index contributed by atoms with van der Waals surface area (Å²) in [6.45, 7) is 1.83. The van der Waals surface area contributed by atoms with Crippen molar-refractivity contribution >= 4 is 16.9 Å². The lowest BCUT2D eigenvalue weighted by Crippen LogP contribution is -2.43. The smallest absolute Gasteiger partial charge is 0.287 e. The van der Waals surface area contributed by atoms with E-state index in [0.29, 0.717) is 18.4 Å². The molecule has 1 heterocycles. The molecule has 5 heteroatoms. The molecule has 1 aliphatic rings. The molecule has 1 aliphatic carbocycles. The van der Waals surface area contributed by atoms with Crippen LogP contribution in [0.5, 0.6) is 0 Å². The maximum absolute atomic E-state index is 12.2. The van der Waals surface area contributed by atoms with Gasteiger partial charge in [0.1, 0.15) is 11.7 Å². The molecule has 0 bridgehead atoms. The predicted octanol–water partition coefficient (Wildman–Crippen LogP) is 1.36. The maximum atomic E-state index is 12.2. The third-order valence-corrected chi connectivity index (χ3v) is 3.95. The van der Waals surface area contributed by atoms with Gasteiger partial charge in [-0.1, -0.05) is 18.2 Å². The quantitative estimate of drug-likeness (QED) is 0.772. The maximum Gasteiger partial charge on any atom is 0.287 e. The molecule has 0 saturated heterocycles. The molecule has 1 fully saturated rings. The molecule has 3 N–H and O–H groups in total. The van der Waals surface area contributed by atoms with Crippen molar-refractivity contribution in [1.82, 2.24) is 5.32 Å². The third kappa shape index (κ3) is 2.09. The zero-order chi connectivity index (χ0) is 14.3. The van der Waals surface area contributed by atoms with Crippen molar-refractivity contribution in [2.24, 2.45) is 0 Å². The van der Waals surface area contributed by atoms with Crippen LogP contribution in [0.25, 0.3) is 11.0 Å². The van der Waals surface area contributed by atoms with Crippen LogP contribution in [0.4, 0.5) is 0 Å². The Hall–Kier alpha value is -1.85. The van der Waals surface area contributed by atoms with Gasteiger partial charge in [0.25, 0.3) is 5.91 Å². The number of fused-ring (bicyclic) bond motifs is 1. The average Bonchev–Trinajstić information content (AvgIpc) is 2.94. The van der Waals surface area contributed by atoms with Gasteiger partial charge in [0.15, 0.2) is 5.76 Å². The largest absolute Gasteiger partial charge is 0.451 e. The Bertz CT molecular complexity index is 648. The molecule has 0 aliphatic heterocycles. The van der Waals surface area contributed by atoms with E-state index in [2.05, 4.69) is 5.32 Å². The van der Waals surface area contributed by atoms with Gasteiger partial charge in [-0.15, -0.1) is 0 Å². The summed E-state index contributed by atoms with van der Waals surface area (Å²) in [5, 5.41) is 22.9. The van der Waals surface area contributed by atoms with Gasteiger partial charge in [-0.3, -0.25) is 4.79 Å². The van der Waals surface area contributed by atoms with Crippen LogP contribution in [0.1, 0.15) is 29.0 Å². The number of para-hydroxylation sites is 1. The predicted molar refractivity (Wildman–Crippen MR) is 73.5 cm³/mol. The van der Waals surface area contributed by atoms with Crippen molar-refractivity contribution in [3.63, 3.8) is 0 Å². The Morgan fingerprint density at radius 2 is 2.05 bits per heavy atom. The number of nitrogens with one attached hydrogen (secondary N) is 1. The van der Waals surface area contributed by atoms with Gasteiger partial charge in [0.05, 0.1) is 12.1 Å². The van der Waals surface area contributed by atoms with E-state index in [1.807, 2.05) is 31.2 Å². The highest BCUT2D eigenvalue weighted by atomic mass is 16.3. The van der Waals surface area contributed by atoms with Gasteiger partial charge in [0.2, 0.25) is 0 Å². The summed E-state index contributed by atoms with van der Waals surface area (Å²) < 4.78 is 5.58. The minimum atomic E-state index is -0.913. The standard InChI is InChI=1S/C15H17NO4/c1-8-9-4-2-3-5-12(9)20-14(8)15(19)16-10-6-7-11(17)13(10)18/h2-5,10-11,13,17-18H,6-7H2,1H3,(H,16,19)/t10-,11-,13-/m1/s1. The minimum absolute atomic E-state index is 0.264. The highest BCUT2D eigenvalue weighted by Gasteiger charge is 2.35. The number of benzene rings is 1. The second-order valence-corrected chi connectivity index (χ2v) is 5.27. The zero-order valence-electron chi connectivity index (χ0n) is 11.2. The van der Waals surface area contributed by atoms with Crippen LogP contribution in [0.3, 0.4) is 0 Å². The zero-order valence-corrected chi connectivity index (χ0v) is 11.2. The fraction of sp³-hybridized carbons (Fsp3) is 0.400. The fourth-order valence-electron chi connectivity index (χ4n) is 2.74. The van der Waals surface area contributed by atoms with Crippen molar-refractivity contribution in [2.45, 2.75) is 38.0 Å². The summed E-state index contributed by atoms with van der Waals surface area (Å²) in [6, 6.07) is 7.03. The van der Waals surface area contributed by atoms with E-state index in [0.717, 1.165) is 10.9 Å². The number of furan rings is 1. The van der Waals surface area contributed by atoms with E-state index in [9.17, 15) is 15.0 Å². The van der Waals surface area contributed by atoms with Crippen molar-refractivity contribution in [3.05, 3.63) is 35.6 Å². The van der Waals surface area contributed by atoms with Crippen molar-refractivity contribution in [1.29, 1.82) is 0 Å². The molecule has 0 unspecified atom stereocenters. The van der Waals surface area contributed by atoms with Crippen molar-refractivity contribution < 1.29 is 19.4 Å². The topological polar surface area (TPSA) is 82.7 Å². The first-order chi connectivity index (χ1) is 9.58. The Morgan fingerprint density at radius 1 is 1.30 bits per heavy atom. The number of aryl methyl sites for hydroxylation is 1. The number of aliphatic hydroxyl groups is 2. The van der Waals surface area contributed by atoms with Crippen molar-refractivity contribution in [3.8, 4) is 0 Å². The molecule has 5 nitrogen and oxygen atoms in total. The Balaban J connectivity index is 1.84. The van der Waals surface area contributed by atoms with Crippen LogP contribution >= 0.6 is 0 Å². The first-order valence-electron chi connectivity index (χ1n) is 6.73. The van der Waals surface area contributed by atoms with Gasteiger partial charge in [-0.2, -0.15) is 0 Å². The number of rotatable bonds is 2. The lowest BCUT2D eigenvalue weighted by Gasteiger charge is -2.17. The number of hydrogen-bond donors (Lipinski definition) is 3. The molecule has 3 atom stereocenters. The summed E-state index contributed by atoms with van der Waals surface area (Å²) in [5.41, 5.74) is 1.45. The molecule has 3 rings (SSSR count). The molecular formula is C15H17NO4. The van der Waals surface area contributed by atoms with E-state index in [1.165, 1.54) is 0 Å². The number of hydrogen-bond acceptors (Lipinski definition) is 4. The number of carbonyl (C=O) groups is 1. The summed E-state index contributed by atoms with van der Waals surface area (Å²) >= 11 is 0. The van der Waals surface area contributed by atoms with Crippen LogP contribution in [-0.4, -0.2) is 34.4 Å². The molecular weight excluding hydrogens is 258 g/mol. The molecule has 1 aromatic carbocycles. The van der Waals surface area contributed by atoms with Gasteiger partial charge >= 0.3 is 0 Å². The highest BCUT2D eigenvalue weighted by Crippen LogP contribution is 2.26. The van der Waals surface area contributed by atoms with Gasteiger partial charge in [-0.05, 0) is 25.8 Å².